The van der Waals surface area contributed by atoms with Crippen LogP contribution in [0.15, 0.2) is 24.3 Å². The molecule has 1 unspecified atom stereocenters. The fourth-order valence-corrected chi connectivity index (χ4v) is 3.07. The molecule has 1 aromatic carbocycles. The van der Waals surface area contributed by atoms with E-state index in [1.165, 1.54) is 11.5 Å². The minimum Gasteiger partial charge on any atom is -0.369 e. The minimum absolute atomic E-state index is 0.0343. The van der Waals surface area contributed by atoms with Gasteiger partial charge in [-0.25, -0.2) is 0 Å². The van der Waals surface area contributed by atoms with Crippen LogP contribution in [0, 0.1) is 6.92 Å². The van der Waals surface area contributed by atoms with Gasteiger partial charge in [-0.2, -0.15) is 4.37 Å². The van der Waals surface area contributed by atoms with Crippen molar-refractivity contribution in [2.45, 2.75) is 26.8 Å². The fraction of sp³-hybridized carbons (Fsp3) is 0.286. The minimum atomic E-state index is 0.0343. The van der Waals surface area contributed by atoms with E-state index in [0.29, 0.717) is 10.6 Å². The zero-order valence-corrected chi connectivity index (χ0v) is 12.6. The smallest absolute Gasteiger partial charge is 0.164 e. The van der Waals surface area contributed by atoms with Gasteiger partial charge in [-0.05, 0) is 50.0 Å². The lowest BCUT2D eigenvalue weighted by molar-refractivity contribution is 0.101. The Balaban J connectivity index is 2.24. The molecule has 0 aliphatic carbocycles. The molecule has 2 aromatic rings. The number of rotatable bonds is 4. The van der Waals surface area contributed by atoms with Gasteiger partial charge in [0.1, 0.15) is 5.00 Å². The van der Waals surface area contributed by atoms with E-state index in [9.17, 15) is 4.79 Å². The second-order valence-electron chi connectivity index (χ2n) is 4.45. The van der Waals surface area contributed by atoms with Gasteiger partial charge >= 0.3 is 0 Å². The number of hydrogen-bond acceptors (Lipinski definition) is 4. The Morgan fingerprint density at radius 3 is 2.84 bits per heavy atom. The zero-order valence-electron chi connectivity index (χ0n) is 11.0. The molecule has 1 N–H and O–H groups in total. The normalized spacial score (nSPS) is 12.2. The molecule has 1 heterocycles. The molecule has 0 radical (unpaired) electrons. The van der Waals surface area contributed by atoms with Crippen molar-refractivity contribution in [1.82, 2.24) is 4.37 Å². The van der Waals surface area contributed by atoms with Gasteiger partial charge in [-0.1, -0.05) is 23.7 Å². The van der Waals surface area contributed by atoms with Crippen LogP contribution in [0.3, 0.4) is 0 Å². The van der Waals surface area contributed by atoms with Crippen molar-refractivity contribution in [3.8, 4) is 0 Å². The van der Waals surface area contributed by atoms with Crippen molar-refractivity contribution >= 4 is 33.9 Å². The number of anilines is 1. The monoisotopic (exact) mass is 294 g/mol. The molecule has 0 fully saturated rings. The Hall–Kier alpha value is -1.39. The molecule has 0 aliphatic heterocycles. The first-order valence-electron chi connectivity index (χ1n) is 5.98. The second kappa shape index (κ2) is 5.72. The van der Waals surface area contributed by atoms with Crippen molar-refractivity contribution in [2.75, 3.05) is 5.32 Å². The van der Waals surface area contributed by atoms with Crippen molar-refractivity contribution in [2.24, 2.45) is 0 Å². The standard InChI is InChI=1S/C14H15ClN2OS/c1-8(11-5-4-6-12(15)7-11)16-14-13(10(3)18)9(2)17-19-14/h4-8,16H,1-3H3. The van der Waals surface area contributed by atoms with E-state index in [2.05, 4.69) is 9.69 Å². The van der Waals surface area contributed by atoms with Crippen molar-refractivity contribution in [1.29, 1.82) is 0 Å². The molecular weight excluding hydrogens is 280 g/mol. The summed E-state index contributed by atoms with van der Waals surface area (Å²) in [5.74, 6) is 0.0343. The molecule has 100 valence electrons. The van der Waals surface area contributed by atoms with E-state index in [4.69, 9.17) is 11.6 Å². The van der Waals surface area contributed by atoms with Gasteiger partial charge in [-0.15, -0.1) is 0 Å². The highest BCUT2D eigenvalue weighted by molar-refractivity contribution is 7.10. The lowest BCUT2D eigenvalue weighted by atomic mass is 10.1. The van der Waals surface area contributed by atoms with Gasteiger partial charge in [0.05, 0.1) is 11.3 Å². The van der Waals surface area contributed by atoms with Gasteiger partial charge in [0.25, 0.3) is 0 Å². The Labute approximate surface area is 121 Å². The number of nitrogens with zero attached hydrogens (tertiary/aromatic N) is 1. The van der Waals surface area contributed by atoms with Gasteiger partial charge in [0.2, 0.25) is 0 Å². The Kier molecular flexibility index (Phi) is 4.22. The number of nitrogens with one attached hydrogen (secondary N) is 1. The van der Waals surface area contributed by atoms with E-state index in [1.807, 2.05) is 38.1 Å². The Bertz CT molecular complexity index is 609. The summed E-state index contributed by atoms with van der Waals surface area (Å²) in [6, 6.07) is 7.75. The van der Waals surface area contributed by atoms with Crippen LogP contribution in [0.5, 0.6) is 0 Å². The number of halogens is 1. The quantitative estimate of drug-likeness (QED) is 0.845. The maximum Gasteiger partial charge on any atom is 0.164 e. The largest absolute Gasteiger partial charge is 0.369 e. The van der Waals surface area contributed by atoms with Crippen LogP contribution in [0.25, 0.3) is 0 Å². The third-order valence-electron chi connectivity index (χ3n) is 2.91. The summed E-state index contributed by atoms with van der Waals surface area (Å²) < 4.78 is 4.23. The SMILES string of the molecule is CC(=O)c1c(C)nsc1NC(C)c1cccc(Cl)c1. The average Bonchev–Trinajstić information content (AvgIpc) is 2.70. The molecule has 19 heavy (non-hydrogen) atoms. The van der Waals surface area contributed by atoms with Crippen LogP contribution in [0.4, 0.5) is 5.00 Å². The van der Waals surface area contributed by atoms with E-state index in [0.717, 1.165) is 16.3 Å². The third kappa shape index (κ3) is 3.14. The molecule has 2 rings (SSSR count). The molecule has 0 saturated carbocycles. The molecule has 0 amide bonds. The first-order chi connectivity index (χ1) is 8.99. The summed E-state index contributed by atoms with van der Waals surface area (Å²) in [6.45, 7) is 5.44. The van der Waals surface area contributed by atoms with E-state index in [-0.39, 0.29) is 11.8 Å². The van der Waals surface area contributed by atoms with Crippen LogP contribution >= 0.6 is 23.1 Å². The van der Waals surface area contributed by atoms with Crippen LogP contribution < -0.4 is 5.32 Å². The van der Waals surface area contributed by atoms with Crippen molar-refractivity contribution < 1.29 is 4.79 Å². The van der Waals surface area contributed by atoms with Crippen LogP contribution in [0.2, 0.25) is 5.02 Å². The summed E-state index contributed by atoms with van der Waals surface area (Å²) in [6.07, 6.45) is 0. The Morgan fingerprint density at radius 2 is 2.21 bits per heavy atom. The molecule has 1 aromatic heterocycles. The number of aryl methyl sites for hydroxylation is 1. The van der Waals surface area contributed by atoms with Crippen LogP contribution in [-0.2, 0) is 0 Å². The second-order valence-corrected chi connectivity index (χ2v) is 5.66. The van der Waals surface area contributed by atoms with Crippen LogP contribution in [-0.4, -0.2) is 10.2 Å². The predicted molar refractivity (Wildman–Crippen MR) is 80.3 cm³/mol. The molecule has 0 spiro atoms. The third-order valence-corrected chi connectivity index (χ3v) is 4.02. The summed E-state index contributed by atoms with van der Waals surface area (Å²) in [4.78, 5) is 11.6. The highest BCUT2D eigenvalue weighted by Gasteiger charge is 2.17. The molecular formula is C14H15ClN2OS. The highest BCUT2D eigenvalue weighted by Crippen LogP contribution is 2.29. The van der Waals surface area contributed by atoms with Crippen molar-refractivity contribution in [3.63, 3.8) is 0 Å². The average molecular weight is 295 g/mol. The lowest BCUT2D eigenvalue weighted by Crippen LogP contribution is -2.08. The van der Waals surface area contributed by atoms with E-state index < -0.39 is 0 Å². The van der Waals surface area contributed by atoms with Crippen LogP contribution in [0.1, 0.15) is 41.5 Å². The molecule has 0 aliphatic rings. The Morgan fingerprint density at radius 1 is 1.47 bits per heavy atom. The number of benzene rings is 1. The number of carbonyl (C=O) groups is 1. The van der Waals surface area contributed by atoms with Gasteiger partial charge in [-0.3, -0.25) is 4.79 Å². The topological polar surface area (TPSA) is 42.0 Å². The maximum atomic E-state index is 11.6. The fourth-order valence-electron chi connectivity index (χ4n) is 1.94. The number of carbonyl (C=O) groups excluding carboxylic acids is 1. The molecule has 3 nitrogen and oxygen atoms in total. The number of ketones is 1. The van der Waals surface area contributed by atoms with E-state index >= 15 is 0 Å². The van der Waals surface area contributed by atoms with Gasteiger partial charge < -0.3 is 5.32 Å². The highest BCUT2D eigenvalue weighted by atomic mass is 35.5. The predicted octanol–water partition coefficient (Wildman–Crippen LogP) is 4.48. The summed E-state index contributed by atoms with van der Waals surface area (Å²) >= 11 is 7.30. The number of aromatic nitrogens is 1. The number of Topliss-reactive ketones (excluding diaryl/α,β-unsaturated/α-hetero) is 1. The first kappa shape index (κ1) is 14.0. The summed E-state index contributed by atoms with van der Waals surface area (Å²) in [7, 11) is 0. The van der Waals surface area contributed by atoms with Gasteiger partial charge in [0, 0.05) is 11.1 Å². The lowest BCUT2D eigenvalue weighted by Gasteiger charge is -2.15. The van der Waals surface area contributed by atoms with E-state index in [1.54, 1.807) is 6.92 Å². The zero-order chi connectivity index (χ0) is 14.0. The first-order valence-corrected chi connectivity index (χ1v) is 7.13. The molecule has 0 bridgehead atoms. The molecule has 1 atom stereocenters. The summed E-state index contributed by atoms with van der Waals surface area (Å²) in [5.41, 5.74) is 2.53. The maximum absolute atomic E-state index is 11.6. The molecule has 0 saturated heterocycles. The molecule has 5 heteroatoms. The van der Waals surface area contributed by atoms with Crippen molar-refractivity contribution in [3.05, 3.63) is 46.1 Å². The van der Waals surface area contributed by atoms with Gasteiger partial charge in [0.15, 0.2) is 5.78 Å². The number of hydrogen-bond donors (Lipinski definition) is 1. The summed E-state index contributed by atoms with van der Waals surface area (Å²) in [5, 5.41) is 4.86.